The maximum absolute atomic E-state index is 14.1. The lowest BCUT2D eigenvalue weighted by Crippen LogP contribution is -2.42. The molecule has 0 unspecified atom stereocenters. The summed E-state index contributed by atoms with van der Waals surface area (Å²) in [7, 11) is 1.66. The van der Waals surface area contributed by atoms with Gasteiger partial charge in [0.05, 0.1) is 6.61 Å². The van der Waals surface area contributed by atoms with Crippen molar-refractivity contribution in [3.05, 3.63) is 29.4 Å². The maximum atomic E-state index is 14.1. The lowest BCUT2D eigenvalue weighted by molar-refractivity contribution is 0.127. The monoisotopic (exact) mass is 294 g/mol. The van der Waals surface area contributed by atoms with Crippen LogP contribution in [0.1, 0.15) is 45.1 Å². The molecule has 0 saturated heterocycles. The molecule has 2 rings (SSSR count). The minimum atomic E-state index is -0.367. The summed E-state index contributed by atoms with van der Waals surface area (Å²) in [5, 5.41) is 3.35. The molecule has 0 atom stereocenters. The molecule has 0 bridgehead atoms. The van der Waals surface area contributed by atoms with E-state index in [4.69, 9.17) is 9.15 Å². The maximum Gasteiger partial charge on any atom is 0.198 e. The zero-order valence-corrected chi connectivity index (χ0v) is 13.3. The van der Waals surface area contributed by atoms with Gasteiger partial charge in [0.2, 0.25) is 0 Å². The fourth-order valence-electron chi connectivity index (χ4n) is 2.17. The molecule has 0 fully saturated rings. The van der Waals surface area contributed by atoms with Crippen molar-refractivity contribution in [3.63, 3.8) is 0 Å². The quantitative estimate of drug-likeness (QED) is 0.884. The second kappa shape index (κ2) is 6.12. The molecule has 1 aromatic carbocycles. The molecule has 1 N–H and O–H groups in total. The molecule has 4 nitrogen and oxygen atoms in total. The number of halogens is 1. The van der Waals surface area contributed by atoms with E-state index in [1.807, 2.05) is 33.8 Å². The second-order valence-electron chi connectivity index (χ2n) is 6.30. The highest BCUT2D eigenvalue weighted by atomic mass is 19.1. The first-order chi connectivity index (χ1) is 9.82. The normalized spacial score (nSPS) is 12.5. The van der Waals surface area contributed by atoms with Gasteiger partial charge in [-0.2, -0.15) is 0 Å². The van der Waals surface area contributed by atoms with Crippen LogP contribution in [0.25, 0.3) is 11.1 Å². The summed E-state index contributed by atoms with van der Waals surface area (Å²) in [6.07, 6.45) is 0. The molecule has 0 spiro atoms. The van der Waals surface area contributed by atoms with Gasteiger partial charge in [0, 0.05) is 25.1 Å². The molecule has 0 aliphatic rings. The van der Waals surface area contributed by atoms with Crippen molar-refractivity contribution in [2.75, 3.05) is 13.7 Å². The van der Waals surface area contributed by atoms with Crippen LogP contribution in [-0.4, -0.2) is 24.2 Å². The van der Waals surface area contributed by atoms with Crippen molar-refractivity contribution >= 4 is 11.1 Å². The molecule has 5 heteroatoms. The fourth-order valence-corrected chi connectivity index (χ4v) is 2.17. The van der Waals surface area contributed by atoms with E-state index in [1.165, 1.54) is 6.07 Å². The average Bonchev–Trinajstić information content (AvgIpc) is 2.81. The molecule has 1 aromatic heterocycles. The Balaban J connectivity index is 2.22. The van der Waals surface area contributed by atoms with E-state index < -0.39 is 0 Å². The zero-order valence-electron chi connectivity index (χ0n) is 13.3. The van der Waals surface area contributed by atoms with Gasteiger partial charge < -0.3 is 14.5 Å². The molecular formula is C16H23FN2O2. The van der Waals surface area contributed by atoms with Gasteiger partial charge in [-0.05, 0) is 31.5 Å². The van der Waals surface area contributed by atoms with Gasteiger partial charge in [0.1, 0.15) is 5.52 Å². The first-order valence-corrected chi connectivity index (χ1v) is 7.15. The third-order valence-electron chi connectivity index (χ3n) is 3.29. The van der Waals surface area contributed by atoms with Crippen LogP contribution < -0.4 is 5.32 Å². The topological polar surface area (TPSA) is 47.3 Å². The second-order valence-corrected chi connectivity index (χ2v) is 6.30. The molecule has 0 radical (unpaired) electrons. The minimum absolute atomic E-state index is 0.138. The SMILES string of the molecule is COCC(C)(C)NCc1cc(F)c2oc(C(C)C)nc2c1. The summed E-state index contributed by atoms with van der Waals surface area (Å²) in [6.45, 7) is 9.15. The Hall–Kier alpha value is -1.46. The van der Waals surface area contributed by atoms with Gasteiger partial charge in [-0.3, -0.25) is 0 Å². The zero-order chi connectivity index (χ0) is 15.6. The number of oxazole rings is 1. The fraction of sp³-hybridized carbons (Fsp3) is 0.562. The Morgan fingerprint density at radius 2 is 2.10 bits per heavy atom. The molecule has 116 valence electrons. The molecule has 0 aliphatic carbocycles. The van der Waals surface area contributed by atoms with Crippen molar-refractivity contribution < 1.29 is 13.5 Å². The smallest absolute Gasteiger partial charge is 0.198 e. The van der Waals surface area contributed by atoms with Crippen LogP contribution in [0.5, 0.6) is 0 Å². The minimum Gasteiger partial charge on any atom is -0.437 e. The molecule has 0 aliphatic heterocycles. The largest absolute Gasteiger partial charge is 0.437 e. The van der Waals surface area contributed by atoms with E-state index in [-0.39, 0.29) is 22.9 Å². The van der Waals surface area contributed by atoms with Crippen molar-refractivity contribution in [1.82, 2.24) is 10.3 Å². The summed E-state index contributed by atoms with van der Waals surface area (Å²) >= 11 is 0. The summed E-state index contributed by atoms with van der Waals surface area (Å²) < 4.78 is 24.7. The number of methoxy groups -OCH3 is 1. The Kier molecular flexibility index (Phi) is 4.64. The number of benzene rings is 1. The van der Waals surface area contributed by atoms with Crippen LogP contribution >= 0.6 is 0 Å². The van der Waals surface area contributed by atoms with Gasteiger partial charge >= 0.3 is 0 Å². The molecule has 0 saturated carbocycles. The van der Waals surface area contributed by atoms with Crippen molar-refractivity contribution in [3.8, 4) is 0 Å². The van der Waals surface area contributed by atoms with Gasteiger partial charge in [-0.25, -0.2) is 9.37 Å². The molecule has 2 aromatic rings. The lowest BCUT2D eigenvalue weighted by atomic mass is 10.1. The molecule has 0 amide bonds. The van der Waals surface area contributed by atoms with E-state index in [1.54, 1.807) is 7.11 Å². The van der Waals surface area contributed by atoms with Crippen LogP contribution in [0.2, 0.25) is 0 Å². The first-order valence-electron chi connectivity index (χ1n) is 7.15. The Bertz CT molecular complexity index is 620. The van der Waals surface area contributed by atoms with Crippen LogP contribution in [0.3, 0.4) is 0 Å². The Labute approximate surface area is 124 Å². The van der Waals surface area contributed by atoms with Gasteiger partial charge in [-0.15, -0.1) is 0 Å². The summed E-state index contributed by atoms with van der Waals surface area (Å²) in [6, 6.07) is 3.36. The number of nitrogens with one attached hydrogen (secondary N) is 1. The number of fused-ring (bicyclic) bond motifs is 1. The lowest BCUT2D eigenvalue weighted by Gasteiger charge is -2.25. The summed E-state index contributed by atoms with van der Waals surface area (Å²) in [5.41, 5.74) is 1.47. The van der Waals surface area contributed by atoms with E-state index in [0.717, 1.165) is 5.56 Å². The van der Waals surface area contributed by atoms with Crippen LogP contribution in [0.15, 0.2) is 16.5 Å². The van der Waals surface area contributed by atoms with Crippen LogP contribution in [-0.2, 0) is 11.3 Å². The van der Waals surface area contributed by atoms with Gasteiger partial charge in [0.15, 0.2) is 17.3 Å². The summed E-state index contributed by atoms with van der Waals surface area (Å²) in [4.78, 5) is 4.36. The van der Waals surface area contributed by atoms with E-state index in [0.29, 0.717) is 24.6 Å². The van der Waals surface area contributed by atoms with Crippen LogP contribution in [0, 0.1) is 5.82 Å². The Morgan fingerprint density at radius 3 is 2.71 bits per heavy atom. The van der Waals surface area contributed by atoms with Crippen LogP contribution in [0.4, 0.5) is 4.39 Å². The van der Waals surface area contributed by atoms with Gasteiger partial charge in [0.25, 0.3) is 0 Å². The molecular weight excluding hydrogens is 271 g/mol. The van der Waals surface area contributed by atoms with E-state index in [2.05, 4.69) is 10.3 Å². The van der Waals surface area contributed by atoms with Crippen molar-refractivity contribution in [2.24, 2.45) is 0 Å². The third-order valence-corrected chi connectivity index (χ3v) is 3.29. The standard InChI is InChI=1S/C16H23FN2O2/c1-10(2)15-19-13-7-11(6-12(17)14(13)21-15)8-18-16(3,4)9-20-5/h6-7,10,18H,8-9H2,1-5H3. The predicted octanol–water partition coefficient (Wildman–Crippen LogP) is 3.60. The third kappa shape index (κ3) is 3.80. The number of ether oxygens (including phenoxy) is 1. The predicted molar refractivity (Wildman–Crippen MR) is 80.9 cm³/mol. The van der Waals surface area contributed by atoms with Gasteiger partial charge in [-0.1, -0.05) is 13.8 Å². The highest BCUT2D eigenvalue weighted by Crippen LogP contribution is 2.25. The number of hydrogen-bond donors (Lipinski definition) is 1. The van der Waals surface area contributed by atoms with E-state index >= 15 is 0 Å². The summed E-state index contributed by atoms with van der Waals surface area (Å²) in [5.74, 6) is 0.334. The number of rotatable bonds is 6. The number of hydrogen-bond acceptors (Lipinski definition) is 4. The average molecular weight is 294 g/mol. The Morgan fingerprint density at radius 1 is 1.38 bits per heavy atom. The molecule has 1 heterocycles. The highest BCUT2D eigenvalue weighted by Gasteiger charge is 2.18. The van der Waals surface area contributed by atoms with Crippen molar-refractivity contribution in [1.29, 1.82) is 0 Å². The number of nitrogens with zero attached hydrogens (tertiary/aromatic N) is 1. The first kappa shape index (κ1) is 15.9. The highest BCUT2D eigenvalue weighted by molar-refractivity contribution is 5.74. The van der Waals surface area contributed by atoms with Crippen molar-refractivity contribution in [2.45, 2.75) is 45.7 Å². The number of aromatic nitrogens is 1. The molecule has 21 heavy (non-hydrogen) atoms. The van der Waals surface area contributed by atoms with E-state index in [9.17, 15) is 4.39 Å².